The van der Waals surface area contributed by atoms with Crippen molar-refractivity contribution in [3.05, 3.63) is 29.2 Å². The largest absolute Gasteiger partial charge is 0.618 e. The van der Waals surface area contributed by atoms with Crippen LogP contribution in [-0.4, -0.2) is 31.9 Å². The van der Waals surface area contributed by atoms with Crippen LogP contribution in [0.3, 0.4) is 0 Å². The van der Waals surface area contributed by atoms with E-state index in [2.05, 4.69) is 0 Å². The average molecular weight is 267 g/mol. The van der Waals surface area contributed by atoms with Crippen LogP contribution in [-0.2, 0) is 9.47 Å². The van der Waals surface area contributed by atoms with Crippen LogP contribution in [0.2, 0.25) is 0 Å². The summed E-state index contributed by atoms with van der Waals surface area (Å²) >= 11 is 0. The lowest BCUT2D eigenvalue weighted by molar-refractivity contribution is -0.608. The highest BCUT2D eigenvalue weighted by molar-refractivity contribution is 5.85. The topological polar surface area (TPSA) is 71.7 Å². The molecule has 0 bridgehead atoms. The molecular weight excluding hydrogens is 250 g/mol. The number of hydrogen-bond donors (Lipinski definition) is 0. The summed E-state index contributed by atoms with van der Waals surface area (Å²) in [6, 6.07) is 3.02. The minimum absolute atomic E-state index is 0.0406. The average Bonchev–Trinajstić information content (AvgIpc) is 2.40. The first-order chi connectivity index (χ1) is 9.20. The first-order valence-corrected chi connectivity index (χ1v) is 6.35. The van der Waals surface area contributed by atoms with Crippen molar-refractivity contribution < 1.29 is 23.7 Å². The number of pyridine rings is 1. The first-order valence-electron chi connectivity index (χ1n) is 6.35. The van der Waals surface area contributed by atoms with Gasteiger partial charge in [0.15, 0.2) is 5.75 Å². The summed E-state index contributed by atoms with van der Waals surface area (Å²) < 4.78 is 16.2. The Balaban J connectivity index is 2.03. The zero-order valence-corrected chi connectivity index (χ0v) is 10.8. The molecule has 2 heterocycles. The Labute approximate surface area is 111 Å². The van der Waals surface area contributed by atoms with Gasteiger partial charge in [0.05, 0.1) is 19.8 Å². The first kappa shape index (κ1) is 13.6. The Morgan fingerprint density at radius 2 is 2.21 bits per heavy atom. The summed E-state index contributed by atoms with van der Waals surface area (Å²) in [5.74, 6) is -0.176. The minimum atomic E-state index is -0.630. The van der Waals surface area contributed by atoms with E-state index in [1.165, 1.54) is 12.3 Å². The molecular formula is C13H17NO5. The van der Waals surface area contributed by atoms with Gasteiger partial charge < -0.3 is 19.4 Å². The lowest BCUT2D eigenvalue weighted by atomic mass is 10.1. The second kappa shape index (κ2) is 6.38. The van der Waals surface area contributed by atoms with Crippen molar-refractivity contribution in [3.63, 3.8) is 0 Å². The van der Waals surface area contributed by atoms with Crippen molar-refractivity contribution in [2.75, 3.05) is 19.8 Å². The number of esters is 1. The van der Waals surface area contributed by atoms with Gasteiger partial charge in [0.1, 0.15) is 6.10 Å². The summed E-state index contributed by atoms with van der Waals surface area (Å²) in [7, 11) is 0. The van der Waals surface area contributed by atoms with E-state index in [-0.39, 0.29) is 18.4 Å². The molecule has 0 aromatic carbocycles. The second-order valence-electron chi connectivity index (χ2n) is 4.23. The number of nitrogens with zero attached hydrogens (tertiary/aromatic N) is 1. The van der Waals surface area contributed by atoms with Gasteiger partial charge in [-0.1, -0.05) is 0 Å². The van der Waals surface area contributed by atoms with Gasteiger partial charge in [-0.2, -0.15) is 4.73 Å². The van der Waals surface area contributed by atoms with E-state index < -0.39 is 5.97 Å². The molecule has 0 amide bonds. The van der Waals surface area contributed by atoms with E-state index in [0.29, 0.717) is 23.7 Å². The molecule has 1 aromatic rings. The predicted molar refractivity (Wildman–Crippen MR) is 65.8 cm³/mol. The highest BCUT2D eigenvalue weighted by Gasteiger charge is 2.20. The van der Waals surface area contributed by atoms with E-state index in [0.717, 1.165) is 12.8 Å². The Morgan fingerprint density at radius 1 is 1.47 bits per heavy atom. The third-order valence-corrected chi connectivity index (χ3v) is 2.84. The monoisotopic (exact) mass is 267 g/mol. The molecule has 0 aliphatic carbocycles. The smallest absolute Gasteiger partial charge is 0.405 e. The number of ether oxygens (including phenoxy) is 3. The number of aromatic nitrogens is 1. The predicted octanol–water partition coefficient (Wildman–Crippen LogP) is 1.05. The standard InChI is InChI=1S/C13H17NO5/c1-2-18-13(15)12-4-3-11(9-14(12)16)19-10-5-7-17-8-6-10/h3-4,9-10H,2,5-8H2,1H3. The molecule has 104 valence electrons. The Hall–Kier alpha value is -1.82. The molecule has 19 heavy (non-hydrogen) atoms. The van der Waals surface area contributed by atoms with Crippen molar-refractivity contribution in [3.8, 4) is 5.75 Å². The normalized spacial score (nSPS) is 16.1. The summed E-state index contributed by atoms with van der Waals surface area (Å²) in [6.45, 7) is 3.26. The van der Waals surface area contributed by atoms with E-state index in [9.17, 15) is 10.0 Å². The Kier molecular flexibility index (Phi) is 4.57. The number of rotatable bonds is 4. The van der Waals surface area contributed by atoms with Crippen molar-refractivity contribution in [2.24, 2.45) is 0 Å². The zero-order chi connectivity index (χ0) is 13.7. The van der Waals surface area contributed by atoms with E-state index in [4.69, 9.17) is 14.2 Å². The van der Waals surface area contributed by atoms with Gasteiger partial charge in [-0.15, -0.1) is 0 Å². The van der Waals surface area contributed by atoms with Gasteiger partial charge in [-0.25, -0.2) is 4.79 Å². The summed E-state index contributed by atoms with van der Waals surface area (Å²) in [5.41, 5.74) is -0.0406. The van der Waals surface area contributed by atoms with Gasteiger partial charge in [0, 0.05) is 18.9 Å². The third-order valence-electron chi connectivity index (χ3n) is 2.84. The molecule has 0 saturated carbocycles. The molecule has 0 N–H and O–H groups in total. The fourth-order valence-corrected chi connectivity index (χ4v) is 1.88. The Bertz CT molecular complexity index is 443. The summed E-state index contributed by atoms with van der Waals surface area (Å²) in [5, 5.41) is 11.7. The van der Waals surface area contributed by atoms with E-state index >= 15 is 0 Å². The minimum Gasteiger partial charge on any atom is -0.618 e. The lowest BCUT2D eigenvalue weighted by Crippen LogP contribution is -2.35. The van der Waals surface area contributed by atoms with Crippen molar-refractivity contribution >= 4 is 5.97 Å². The quantitative estimate of drug-likeness (QED) is 0.463. The van der Waals surface area contributed by atoms with Crippen molar-refractivity contribution in [2.45, 2.75) is 25.9 Å². The highest BCUT2D eigenvalue weighted by atomic mass is 16.5. The maximum Gasteiger partial charge on any atom is 0.405 e. The SMILES string of the molecule is CCOC(=O)c1ccc(OC2CCOCC2)c[n+]1[O-]. The molecule has 6 nitrogen and oxygen atoms in total. The van der Waals surface area contributed by atoms with Gasteiger partial charge in [0.25, 0.3) is 0 Å². The molecule has 1 aromatic heterocycles. The van der Waals surface area contributed by atoms with Crippen LogP contribution in [0.15, 0.2) is 18.3 Å². The van der Waals surface area contributed by atoms with Crippen LogP contribution in [0, 0.1) is 5.21 Å². The van der Waals surface area contributed by atoms with Crippen LogP contribution in [0.1, 0.15) is 30.3 Å². The third kappa shape index (κ3) is 3.57. The fourth-order valence-electron chi connectivity index (χ4n) is 1.88. The molecule has 0 spiro atoms. The van der Waals surface area contributed by atoms with Crippen LogP contribution in [0.25, 0.3) is 0 Å². The molecule has 1 fully saturated rings. The van der Waals surface area contributed by atoms with Crippen LogP contribution < -0.4 is 9.47 Å². The second-order valence-corrected chi connectivity index (χ2v) is 4.23. The van der Waals surface area contributed by atoms with Crippen molar-refractivity contribution in [1.29, 1.82) is 0 Å². The fraction of sp³-hybridized carbons (Fsp3) is 0.538. The number of carbonyl (C=O) groups is 1. The van der Waals surface area contributed by atoms with E-state index in [1.807, 2.05) is 0 Å². The van der Waals surface area contributed by atoms with Gasteiger partial charge in [0.2, 0.25) is 6.20 Å². The summed E-state index contributed by atoms with van der Waals surface area (Å²) in [6.07, 6.45) is 2.92. The maximum atomic E-state index is 11.7. The maximum absolute atomic E-state index is 11.7. The van der Waals surface area contributed by atoms with Gasteiger partial charge in [-0.3, -0.25) is 0 Å². The van der Waals surface area contributed by atoms with Gasteiger partial charge >= 0.3 is 11.7 Å². The molecule has 6 heteroatoms. The number of hydrogen-bond acceptors (Lipinski definition) is 5. The van der Waals surface area contributed by atoms with Gasteiger partial charge in [-0.05, 0) is 13.0 Å². The highest BCUT2D eigenvalue weighted by Crippen LogP contribution is 2.16. The summed E-state index contributed by atoms with van der Waals surface area (Å²) in [4.78, 5) is 11.5. The molecule has 2 rings (SSSR count). The molecule has 0 unspecified atom stereocenters. The zero-order valence-electron chi connectivity index (χ0n) is 10.8. The number of carbonyl (C=O) groups excluding carboxylic acids is 1. The van der Waals surface area contributed by atoms with Crippen LogP contribution >= 0.6 is 0 Å². The van der Waals surface area contributed by atoms with Crippen LogP contribution in [0.5, 0.6) is 5.75 Å². The molecule has 1 saturated heterocycles. The molecule has 0 atom stereocenters. The van der Waals surface area contributed by atoms with Crippen molar-refractivity contribution in [1.82, 2.24) is 0 Å². The molecule has 1 aliphatic rings. The van der Waals surface area contributed by atoms with Crippen LogP contribution in [0.4, 0.5) is 0 Å². The van der Waals surface area contributed by atoms with E-state index in [1.54, 1.807) is 13.0 Å². The molecule has 1 aliphatic heterocycles. The lowest BCUT2D eigenvalue weighted by Gasteiger charge is -2.22. The Morgan fingerprint density at radius 3 is 2.84 bits per heavy atom. The molecule has 0 radical (unpaired) electrons.